The molecule has 0 aliphatic carbocycles. The highest BCUT2D eigenvalue weighted by Crippen LogP contribution is 2.28. The molecule has 3 nitrogen and oxygen atoms in total. The van der Waals surface area contributed by atoms with Crippen molar-refractivity contribution in [1.29, 1.82) is 0 Å². The summed E-state index contributed by atoms with van der Waals surface area (Å²) in [6.07, 6.45) is 1.36. The molecule has 0 aromatic heterocycles. The molecular formula is C14H19NO2. The van der Waals surface area contributed by atoms with Crippen LogP contribution >= 0.6 is 0 Å². The molecule has 1 aromatic carbocycles. The Kier molecular flexibility index (Phi) is 3.41. The van der Waals surface area contributed by atoms with Crippen molar-refractivity contribution in [3.63, 3.8) is 0 Å². The first-order valence-corrected chi connectivity index (χ1v) is 6.43. The van der Waals surface area contributed by atoms with Crippen LogP contribution in [0.4, 0.5) is 0 Å². The van der Waals surface area contributed by atoms with Gasteiger partial charge in [0.05, 0.1) is 19.3 Å². The zero-order valence-corrected chi connectivity index (χ0v) is 10.0. The van der Waals surface area contributed by atoms with Crippen LogP contribution in [0.3, 0.4) is 0 Å². The molecule has 2 saturated heterocycles. The molecule has 0 saturated carbocycles. The van der Waals surface area contributed by atoms with E-state index in [2.05, 4.69) is 29.6 Å². The first-order valence-electron chi connectivity index (χ1n) is 6.43. The van der Waals surface area contributed by atoms with E-state index < -0.39 is 0 Å². The molecule has 0 radical (unpaired) electrons. The summed E-state index contributed by atoms with van der Waals surface area (Å²) in [5, 5.41) is 3.37. The SMILES string of the molecule is c1cc(C2CCOC2)cc(C2CNCCO2)c1. The molecule has 2 unspecified atom stereocenters. The van der Waals surface area contributed by atoms with E-state index in [0.717, 1.165) is 39.3 Å². The van der Waals surface area contributed by atoms with Crippen molar-refractivity contribution in [3.05, 3.63) is 35.4 Å². The Morgan fingerprint density at radius 3 is 2.88 bits per heavy atom. The van der Waals surface area contributed by atoms with Gasteiger partial charge in [-0.25, -0.2) is 0 Å². The summed E-state index contributed by atoms with van der Waals surface area (Å²) >= 11 is 0. The van der Waals surface area contributed by atoms with E-state index in [-0.39, 0.29) is 6.10 Å². The predicted octanol–water partition coefficient (Wildman–Crippen LogP) is 1.85. The van der Waals surface area contributed by atoms with Gasteiger partial charge in [-0.3, -0.25) is 0 Å². The molecule has 3 rings (SSSR count). The van der Waals surface area contributed by atoms with Crippen LogP contribution in [0.2, 0.25) is 0 Å². The predicted molar refractivity (Wildman–Crippen MR) is 66.2 cm³/mol. The van der Waals surface area contributed by atoms with Gasteiger partial charge in [0.15, 0.2) is 0 Å². The van der Waals surface area contributed by atoms with Crippen LogP contribution < -0.4 is 5.32 Å². The van der Waals surface area contributed by atoms with Crippen LogP contribution in [-0.2, 0) is 9.47 Å². The van der Waals surface area contributed by atoms with E-state index in [1.165, 1.54) is 11.1 Å². The Balaban J connectivity index is 1.77. The maximum Gasteiger partial charge on any atom is 0.0949 e. The molecule has 2 aliphatic rings. The van der Waals surface area contributed by atoms with Crippen molar-refractivity contribution in [2.24, 2.45) is 0 Å². The first-order chi connectivity index (χ1) is 8.43. The summed E-state index contributed by atoms with van der Waals surface area (Å²) in [6.45, 7) is 4.46. The Morgan fingerprint density at radius 1 is 1.18 bits per heavy atom. The number of benzene rings is 1. The maximum atomic E-state index is 5.79. The van der Waals surface area contributed by atoms with Gasteiger partial charge in [-0.15, -0.1) is 0 Å². The average Bonchev–Trinajstić information content (AvgIpc) is 2.94. The van der Waals surface area contributed by atoms with Crippen molar-refractivity contribution in [1.82, 2.24) is 5.32 Å². The fourth-order valence-corrected chi connectivity index (χ4v) is 2.59. The van der Waals surface area contributed by atoms with Crippen molar-refractivity contribution < 1.29 is 9.47 Å². The van der Waals surface area contributed by atoms with Gasteiger partial charge in [0.2, 0.25) is 0 Å². The van der Waals surface area contributed by atoms with Gasteiger partial charge in [0, 0.05) is 25.6 Å². The van der Waals surface area contributed by atoms with E-state index in [4.69, 9.17) is 9.47 Å². The molecule has 2 atom stereocenters. The van der Waals surface area contributed by atoms with Crippen LogP contribution in [0.5, 0.6) is 0 Å². The zero-order valence-electron chi connectivity index (χ0n) is 10.0. The second-order valence-corrected chi connectivity index (χ2v) is 4.79. The van der Waals surface area contributed by atoms with Gasteiger partial charge >= 0.3 is 0 Å². The topological polar surface area (TPSA) is 30.5 Å². The smallest absolute Gasteiger partial charge is 0.0949 e. The second kappa shape index (κ2) is 5.17. The molecule has 2 fully saturated rings. The Bertz CT molecular complexity index is 368. The third-order valence-corrected chi connectivity index (χ3v) is 3.61. The van der Waals surface area contributed by atoms with Crippen molar-refractivity contribution in [3.8, 4) is 0 Å². The van der Waals surface area contributed by atoms with Gasteiger partial charge < -0.3 is 14.8 Å². The largest absolute Gasteiger partial charge is 0.381 e. The Morgan fingerprint density at radius 2 is 2.12 bits per heavy atom. The van der Waals surface area contributed by atoms with Gasteiger partial charge in [0.25, 0.3) is 0 Å². The number of hydrogen-bond acceptors (Lipinski definition) is 3. The molecule has 2 aliphatic heterocycles. The minimum Gasteiger partial charge on any atom is -0.381 e. The van der Waals surface area contributed by atoms with Crippen LogP contribution in [0.25, 0.3) is 0 Å². The summed E-state index contributed by atoms with van der Waals surface area (Å²) in [4.78, 5) is 0. The molecule has 1 aromatic rings. The highest BCUT2D eigenvalue weighted by Gasteiger charge is 2.20. The van der Waals surface area contributed by atoms with Crippen molar-refractivity contribution in [2.45, 2.75) is 18.4 Å². The van der Waals surface area contributed by atoms with Crippen LogP contribution in [-0.4, -0.2) is 32.9 Å². The highest BCUT2D eigenvalue weighted by atomic mass is 16.5. The van der Waals surface area contributed by atoms with E-state index in [9.17, 15) is 0 Å². The van der Waals surface area contributed by atoms with Crippen molar-refractivity contribution in [2.75, 3.05) is 32.9 Å². The fraction of sp³-hybridized carbons (Fsp3) is 0.571. The van der Waals surface area contributed by atoms with E-state index in [0.29, 0.717) is 5.92 Å². The molecule has 1 N–H and O–H groups in total. The highest BCUT2D eigenvalue weighted by molar-refractivity contribution is 5.29. The zero-order chi connectivity index (χ0) is 11.5. The number of rotatable bonds is 2. The molecule has 2 heterocycles. The van der Waals surface area contributed by atoms with Gasteiger partial charge in [-0.1, -0.05) is 24.3 Å². The summed E-state index contributed by atoms with van der Waals surface area (Å²) in [5.74, 6) is 0.575. The average molecular weight is 233 g/mol. The number of nitrogens with one attached hydrogen (secondary N) is 1. The lowest BCUT2D eigenvalue weighted by molar-refractivity contribution is 0.0276. The standard InChI is InChI=1S/C14H19NO2/c1-2-11(13-4-6-16-10-13)8-12(3-1)14-9-15-5-7-17-14/h1-3,8,13-15H,4-7,9-10H2. The van der Waals surface area contributed by atoms with E-state index in [1.807, 2.05) is 0 Å². The van der Waals surface area contributed by atoms with E-state index >= 15 is 0 Å². The van der Waals surface area contributed by atoms with Crippen LogP contribution in [0, 0.1) is 0 Å². The summed E-state index contributed by atoms with van der Waals surface area (Å²) in [7, 11) is 0. The lowest BCUT2D eigenvalue weighted by Crippen LogP contribution is -2.33. The normalized spacial score (nSPS) is 29.4. The van der Waals surface area contributed by atoms with E-state index in [1.54, 1.807) is 0 Å². The number of hydrogen-bond donors (Lipinski definition) is 1. The van der Waals surface area contributed by atoms with Gasteiger partial charge in [-0.2, -0.15) is 0 Å². The molecule has 17 heavy (non-hydrogen) atoms. The molecule has 0 bridgehead atoms. The monoisotopic (exact) mass is 233 g/mol. The minimum absolute atomic E-state index is 0.214. The van der Waals surface area contributed by atoms with Gasteiger partial charge in [0.1, 0.15) is 0 Å². The maximum absolute atomic E-state index is 5.79. The lowest BCUT2D eigenvalue weighted by atomic mass is 9.95. The Labute approximate surface area is 102 Å². The third-order valence-electron chi connectivity index (χ3n) is 3.61. The molecule has 3 heteroatoms. The van der Waals surface area contributed by atoms with Gasteiger partial charge in [-0.05, 0) is 17.5 Å². The second-order valence-electron chi connectivity index (χ2n) is 4.79. The molecule has 0 spiro atoms. The summed E-state index contributed by atoms with van der Waals surface area (Å²) in [5.41, 5.74) is 2.69. The number of morpholine rings is 1. The quantitative estimate of drug-likeness (QED) is 0.845. The fourth-order valence-electron chi connectivity index (χ4n) is 2.59. The molecule has 0 amide bonds. The minimum atomic E-state index is 0.214. The number of ether oxygens (including phenoxy) is 2. The lowest BCUT2D eigenvalue weighted by Gasteiger charge is -2.24. The van der Waals surface area contributed by atoms with Crippen LogP contribution in [0.1, 0.15) is 29.6 Å². The van der Waals surface area contributed by atoms with Crippen molar-refractivity contribution >= 4 is 0 Å². The van der Waals surface area contributed by atoms with Crippen LogP contribution in [0.15, 0.2) is 24.3 Å². The Hall–Kier alpha value is -0.900. The summed E-state index contributed by atoms with van der Waals surface area (Å²) < 4.78 is 11.2. The third kappa shape index (κ3) is 2.51. The molecule has 92 valence electrons. The molecular weight excluding hydrogens is 214 g/mol. The first kappa shape index (κ1) is 11.2. The summed E-state index contributed by atoms with van der Waals surface area (Å²) in [6, 6.07) is 8.80.